The third kappa shape index (κ3) is 2.70. The molecule has 3 fully saturated rings. The molecule has 5 unspecified atom stereocenters. The molecule has 0 aromatic rings. The molecule has 98 valence electrons. The molecule has 0 aromatic carbocycles. The van der Waals surface area contributed by atoms with Crippen molar-refractivity contribution in [1.29, 1.82) is 0 Å². The van der Waals surface area contributed by atoms with Crippen LogP contribution in [0.1, 0.15) is 64.7 Å². The van der Waals surface area contributed by atoms with Crippen LogP contribution in [0.3, 0.4) is 0 Å². The molecule has 0 aliphatic heterocycles. The first-order valence-electron chi connectivity index (χ1n) is 8.08. The summed E-state index contributed by atoms with van der Waals surface area (Å²) in [5, 5.41) is 3.72. The Morgan fingerprint density at radius 2 is 1.94 bits per heavy atom. The summed E-state index contributed by atoms with van der Waals surface area (Å²) < 4.78 is 0. The number of hydrogen-bond acceptors (Lipinski definition) is 1. The fourth-order valence-corrected chi connectivity index (χ4v) is 4.92. The van der Waals surface area contributed by atoms with Crippen molar-refractivity contribution in [3.8, 4) is 0 Å². The number of rotatable bonds is 5. The van der Waals surface area contributed by atoms with E-state index in [0.717, 1.165) is 29.7 Å². The minimum absolute atomic E-state index is 0.860. The molecule has 0 radical (unpaired) electrons. The minimum Gasteiger partial charge on any atom is -0.314 e. The number of fused-ring (bicyclic) bond motifs is 2. The largest absolute Gasteiger partial charge is 0.314 e. The highest BCUT2D eigenvalue weighted by molar-refractivity contribution is 4.92. The number of hydrogen-bond donors (Lipinski definition) is 1. The molecule has 0 spiro atoms. The second-order valence-electron chi connectivity index (χ2n) is 7.00. The van der Waals surface area contributed by atoms with Crippen LogP contribution >= 0.6 is 0 Å². The van der Waals surface area contributed by atoms with Crippen molar-refractivity contribution in [3.63, 3.8) is 0 Å². The molecular formula is C16H29N. The predicted molar refractivity (Wildman–Crippen MR) is 73.0 cm³/mol. The Kier molecular flexibility index (Phi) is 3.75. The highest BCUT2D eigenvalue weighted by Crippen LogP contribution is 2.51. The Balaban J connectivity index is 1.41. The van der Waals surface area contributed by atoms with Crippen LogP contribution in [0, 0.1) is 23.7 Å². The molecule has 1 nitrogen and oxygen atoms in total. The Hall–Kier alpha value is -0.0400. The molecule has 3 aliphatic carbocycles. The van der Waals surface area contributed by atoms with Crippen molar-refractivity contribution >= 4 is 0 Å². The van der Waals surface area contributed by atoms with E-state index in [9.17, 15) is 0 Å². The quantitative estimate of drug-likeness (QED) is 0.760. The summed E-state index contributed by atoms with van der Waals surface area (Å²) in [5.74, 6) is 4.47. The van der Waals surface area contributed by atoms with Gasteiger partial charge in [0.25, 0.3) is 0 Å². The molecule has 3 aliphatic rings. The van der Waals surface area contributed by atoms with Crippen LogP contribution in [0.5, 0.6) is 0 Å². The molecule has 0 saturated heterocycles. The van der Waals surface area contributed by atoms with Crippen LogP contribution in [0.15, 0.2) is 0 Å². The lowest BCUT2D eigenvalue weighted by Crippen LogP contribution is -2.27. The van der Waals surface area contributed by atoms with Gasteiger partial charge in [0.05, 0.1) is 0 Å². The SMILES string of the molecule is CCCNC1CCC(CC2CC3CCC2C3)C1. The smallest absolute Gasteiger partial charge is 0.00698 e. The van der Waals surface area contributed by atoms with Crippen LogP contribution in [0.2, 0.25) is 0 Å². The first kappa shape index (κ1) is 12.0. The molecule has 0 amide bonds. The van der Waals surface area contributed by atoms with Crippen molar-refractivity contribution in [2.75, 3.05) is 6.54 Å². The van der Waals surface area contributed by atoms with Gasteiger partial charge in [0.2, 0.25) is 0 Å². The van der Waals surface area contributed by atoms with Crippen molar-refractivity contribution in [2.45, 2.75) is 70.8 Å². The maximum atomic E-state index is 3.72. The van der Waals surface area contributed by atoms with Crippen molar-refractivity contribution in [3.05, 3.63) is 0 Å². The van der Waals surface area contributed by atoms with Crippen molar-refractivity contribution in [2.24, 2.45) is 23.7 Å². The molecule has 17 heavy (non-hydrogen) atoms. The average Bonchev–Trinajstić information content (AvgIpc) is 3.02. The number of nitrogens with one attached hydrogen (secondary N) is 1. The van der Waals surface area contributed by atoms with Gasteiger partial charge in [-0.05, 0) is 81.6 Å². The second-order valence-corrected chi connectivity index (χ2v) is 7.00. The van der Waals surface area contributed by atoms with E-state index in [0.29, 0.717) is 0 Å². The maximum Gasteiger partial charge on any atom is 0.00698 e. The van der Waals surface area contributed by atoms with Gasteiger partial charge in [0, 0.05) is 6.04 Å². The summed E-state index contributed by atoms with van der Waals surface area (Å²) >= 11 is 0. The van der Waals surface area contributed by atoms with Gasteiger partial charge in [-0.25, -0.2) is 0 Å². The van der Waals surface area contributed by atoms with Gasteiger partial charge in [-0.2, -0.15) is 0 Å². The van der Waals surface area contributed by atoms with E-state index >= 15 is 0 Å². The fourth-order valence-electron chi connectivity index (χ4n) is 4.92. The van der Waals surface area contributed by atoms with Gasteiger partial charge < -0.3 is 5.32 Å². The van der Waals surface area contributed by atoms with E-state index in [1.807, 2.05) is 0 Å². The van der Waals surface area contributed by atoms with E-state index in [1.165, 1.54) is 32.2 Å². The average molecular weight is 235 g/mol. The summed E-state index contributed by atoms with van der Waals surface area (Å²) in [5.41, 5.74) is 0. The van der Waals surface area contributed by atoms with Crippen LogP contribution in [0.25, 0.3) is 0 Å². The minimum atomic E-state index is 0.860. The lowest BCUT2D eigenvalue weighted by molar-refractivity contribution is 0.266. The highest BCUT2D eigenvalue weighted by atomic mass is 14.9. The Bertz CT molecular complexity index is 250. The van der Waals surface area contributed by atoms with Crippen LogP contribution in [-0.2, 0) is 0 Å². The van der Waals surface area contributed by atoms with E-state index in [2.05, 4.69) is 12.2 Å². The summed E-state index contributed by atoms with van der Waals surface area (Å²) in [6.45, 7) is 3.50. The maximum absolute atomic E-state index is 3.72. The lowest BCUT2D eigenvalue weighted by Gasteiger charge is -2.24. The van der Waals surface area contributed by atoms with Gasteiger partial charge in [-0.1, -0.05) is 13.3 Å². The zero-order valence-corrected chi connectivity index (χ0v) is 11.5. The molecule has 2 bridgehead atoms. The first-order chi connectivity index (χ1) is 8.35. The summed E-state index contributed by atoms with van der Waals surface area (Å²) in [7, 11) is 0. The molecule has 0 aromatic heterocycles. The Morgan fingerprint density at radius 1 is 1.00 bits per heavy atom. The Morgan fingerprint density at radius 3 is 2.65 bits per heavy atom. The second kappa shape index (κ2) is 5.30. The normalized spacial score (nSPS) is 44.6. The topological polar surface area (TPSA) is 12.0 Å². The molecule has 1 heteroatoms. The van der Waals surface area contributed by atoms with Gasteiger partial charge in [0.1, 0.15) is 0 Å². The van der Waals surface area contributed by atoms with Crippen molar-refractivity contribution < 1.29 is 0 Å². The van der Waals surface area contributed by atoms with Gasteiger partial charge >= 0.3 is 0 Å². The van der Waals surface area contributed by atoms with Crippen molar-refractivity contribution in [1.82, 2.24) is 5.32 Å². The van der Waals surface area contributed by atoms with Gasteiger partial charge in [-0.15, -0.1) is 0 Å². The third-order valence-corrected chi connectivity index (χ3v) is 5.74. The molecule has 3 saturated carbocycles. The van der Waals surface area contributed by atoms with Gasteiger partial charge in [-0.3, -0.25) is 0 Å². The molecule has 5 atom stereocenters. The Labute approximate surface area is 107 Å². The zero-order chi connectivity index (χ0) is 11.7. The standard InChI is InChI=1S/C16H29N/c1-2-7-17-16-6-4-13(11-16)10-15-9-12-3-5-14(15)8-12/h12-17H,2-11H2,1H3. The van der Waals surface area contributed by atoms with Crippen LogP contribution in [-0.4, -0.2) is 12.6 Å². The van der Waals surface area contributed by atoms with Crippen LogP contribution in [0.4, 0.5) is 0 Å². The zero-order valence-electron chi connectivity index (χ0n) is 11.5. The highest BCUT2D eigenvalue weighted by Gasteiger charge is 2.40. The lowest BCUT2D eigenvalue weighted by atomic mass is 9.81. The van der Waals surface area contributed by atoms with E-state index < -0.39 is 0 Å². The molecular weight excluding hydrogens is 206 g/mol. The first-order valence-corrected chi connectivity index (χ1v) is 8.08. The summed E-state index contributed by atoms with van der Waals surface area (Å²) in [6.07, 6.45) is 13.6. The summed E-state index contributed by atoms with van der Waals surface area (Å²) in [6, 6.07) is 0.860. The van der Waals surface area contributed by atoms with E-state index in [-0.39, 0.29) is 0 Å². The van der Waals surface area contributed by atoms with Crippen LogP contribution < -0.4 is 5.32 Å². The summed E-state index contributed by atoms with van der Waals surface area (Å²) in [4.78, 5) is 0. The van der Waals surface area contributed by atoms with E-state index in [4.69, 9.17) is 0 Å². The molecule has 3 rings (SSSR count). The monoisotopic (exact) mass is 235 g/mol. The predicted octanol–water partition coefficient (Wildman–Crippen LogP) is 3.98. The van der Waals surface area contributed by atoms with Gasteiger partial charge in [0.15, 0.2) is 0 Å². The third-order valence-electron chi connectivity index (χ3n) is 5.74. The fraction of sp³-hybridized carbons (Fsp3) is 1.00. The van der Waals surface area contributed by atoms with E-state index in [1.54, 1.807) is 32.1 Å². The molecule has 1 N–H and O–H groups in total. The molecule has 0 heterocycles.